The summed E-state index contributed by atoms with van der Waals surface area (Å²) in [5.41, 5.74) is 19.4. The lowest BCUT2D eigenvalue weighted by Gasteiger charge is -2.29. The zero-order chi connectivity index (χ0) is 56.0. The van der Waals surface area contributed by atoms with Gasteiger partial charge in [0, 0.05) is 45.9 Å². The smallest absolute Gasteiger partial charge is 0.137 e. The fourth-order valence-corrected chi connectivity index (χ4v) is 11.5. The second-order valence-electron chi connectivity index (χ2n) is 27.5. The third kappa shape index (κ3) is 10.3. The molecule has 0 radical (unpaired) electrons. The van der Waals surface area contributed by atoms with Gasteiger partial charge in [0.1, 0.15) is 24.0 Å². The van der Waals surface area contributed by atoms with E-state index in [0.717, 1.165) is 39.4 Å². The van der Waals surface area contributed by atoms with Crippen LogP contribution in [-0.2, 0) is 27.1 Å². The van der Waals surface area contributed by atoms with Crippen molar-refractivity contribution in [1.82, 2.24) is 9.55 Å². The lowest BCUT2D eigenvalue weighted by atomic mass is 9.78. The highest BCUT2D eigenvalue weighted by atomic mass is 16.5. The minimum atomic E-state index is -0.205. The minimum Gasteiger partial charge on any atom is -0.457 e. The fourth-order valence-electron chi connectivity index (χ4n) is 11.5. The van der Waals surface area contributed by atoms with Crippen molar-refractivity contribution in [1.29, 1.82) is 0 Å². The summed E-state index contributed by atoms with van der Waals surface area (Å²) in [5.74, 6) is 3.20. The van der Waals surface area contributed by atoms with E-state index in [1.165, 1.54) is 78.1 Å². The van der Waals surface area contributed by atoms with E-state index in [0.29, 0.717) is 18.5 Å². The molecule has 78 heavy (non-hydrogen) atoms. The predicted molar refractivity (Wildman–Crippen MR) is 334 cm³/mol. The first-order valence-electron chi connectivity index (χ1n) is 28.5. The highest BCUT2D eigenvalue weighted by Gasteiger charge is 2.33. The maximum absolute atomic E-state index is 7.23. The van der Waals surface area contributed by atoms with E-state index in [4.69, 9.17) is 9.72 Å². The van der Waals surface area contributed by atoms with Crippen LogP contribution < -0.4 is 14.5 Å². The van der Waals surface area contributed by atoms with Crippen molar-refractivity contribution in [3.05, 3.63) is 202 Å². The van der Waals surface area contributed by atoms with Crippen molar-refractivity contribution >= 4 is 44.6 Å². The molecule has 0 bridgehead atoms. The summed E-state index contributed by atoms with van der Waals surface area (Å²) >= 11 is 0. The number of aromatic nitrogens is 2. The summed E-state index contributed by atoms with van der Waals surface area (Å²) < 4.78 is 9.56. The van der Waals surface area contributed by atoms with E-state index in [9.17, 15) is 0 Å². The Morgan fingerprint density at radius 1 is 0.423 bits per heavy atom. The summed E-state index contributed by atoms with van der Waals surface area (Å²) in [6.07, 6.45) is 1.96. The molecule has 0 atom stereocenters. The maximum Gasteiger partial charge on any atom is 0.137 e. The standard InChI is InChI=1S/C73H84N4O/c1-46(2)59-25-22-26-60(47(3)4)68(59)48-27-31-64-66(35-48)76(45-75(64)55-37-52(70(8,9)10)36-53(38-55)71(11,12)13)56-39-54(72(14,15)16)40-58(43-56)78-57-29-30-61-62-41-51(73(17,18)49-23-20-19-21-24-49)28-32-63(62)77(65(61)44-57)67-42-50(33-34-74-67)69(5,6)7/h19-44,46-47H,45H2,1-18H3. The van der Waals surface area contributed by atoms with Gasteiger partial charge in [-0.2, -0.15) is 0 Å². The van der Waals surface area contributed by atoms with Gasteiger partial charge in [0.15, 0.2) is 0 Å². The van der Waals surface area contributed by atoms with Crippen LogP contribution >= 0.6 is 0 Å². The number of pyridine rings is 1. The number of rotatable bonds is 10. The molecule has 0 unspecified atom stereocenters. The van der Waals surface area contributed by atoms with E-state index in [1.54, 1.807) is 0 Å². The molecular weight excluding hydrogens is 949 g/mol. The lowest BCUT2D eigenvalue weighted by molar-refractivity contribution is 0.479. The first-order valence-corrected chi connectivity index (χ1v) is 28.5. The second kappa shape index (κ2) is 19.7. The number of fused-ring (bicyclic) bond motifs is 4. The number of nitrogens with zero attached hydrogens (tertiary/aromatic N) is 4. The van der Waals surface area contributed by atoms with Crippen molar-refractivity contribution in [3.63, 3.8) is 0 Å². The molecule has 3 heterocycles. The van der Waals surface area contributed by atoms with Gasteiger partial charge in [0.05, 0.1) is 22.4 Å². The largest absolute Gasteiger partial charge is 0.457 e. The monoisotopic (exact) mass is 1030 g/mol. The van der Waals surface area contributed by atoms with Crippen LogP contribution in [0.15, 0.2) is 158 Å². The van der Waals surface area contributed by atoms with Crippen LogP contribution in [0.5, 0.6) is 11.5 Å². The van der Waals surface area contributed by atoms with E-state index >= 15 is 0 Å². The third-order valence-electron chi connectivity index (χ3n) is 16.6. The molecule has 0 spiro atoms. The Hall–Kier alpha value is -7.11. The van der Waals surface area contributed by atoms with E-state index < -0.39 is 0 Å². The van der Waals surface area contributed by atoms with Crippen molar-refractivity contribution in [2.45, 2.75) is 164 Å². The predicted octanol–water partition coefficient (Wildman–Crippen LogP) is 20.6. The second-order valence-corrected chi connectivity index (χ2v) is 27.5. The molecule has 402 valence electrons. The molecule has 0 amide bonds. The Labute approximate surface area is 467 Å². The average molecular weight is 1030 g/mol. The van der Waals surface area contributed by atoms with Gasteiger partial charge in [-0.1, -0.05) is 191 Å². The van der Waals surface area contributed by atoms with Crippen LogP contribution in [0.3, 0.4) is 0 Å². The maximum atomic E-state index is 7.23. The molecule has 1 aliphatic heterocycles. The molecule has 9 aromatic rings. The van der Waals surface area contributed by atoms with Gasteiger partial charge in [-0.05, 0) is 162 Å². The number of anilines is 4. The summed E-state index contributed by atoms with van der Waals surface area (Å²) in [5, 5.41) is 2.35. The van der Waals surface area contributed by atoms with Gasteiger partial charge < -0.3 is 14.5 Å². The number of benzene rings is 7. The van der Waals surface area contributed by atoms with Crippen molar-refractivity contribution in [2.75, 3.05) is 16.5 Å². The summed E-state index contributed by atoms with van der Waals surface area (Å²) in [4.78, 5) is 10.1. The first kappa shape index (κ1) is 54.3. The average Bonchev–Trinajstić information content (AvgIpc) is 4.02. The molecule has 7 aromatic carbocycles. The van der Waals surface area contributed by atoms with Crippen LogP contribution in [0.2, 0.25) is 0 Å². The molecule has 10 rings (SSSR count). The molecular formula is C73H84N4O. The van der Waals surface area contributed by atoms with Crippen LogP contribution in [0.4, 0.5) is 22.7 Å². The zero-order valence-electron chi connectivity index (χ0n) is 50.1. The number of hydrogen-bond donors (Lipinski definition) is 0. The molecule has 2 aromatic heterocycles. The van der Waals surface area contributed by atoms with Crippen LogP contribution in [0, 0.1) is 0 Å². The van der Waals surface area contributed by atoms with Crippen LogP contribution in [-0.4, -0.2) is 16.2 Å². The van der Waals surface area contributed by atoms with Crippen LogP contribution in [0.1, 0.15) is 181 Å². The van der Waals surface area contributed by atoms with E-state index in [2.05, 4.69) is 291 Å². The van der Waals surface area contributed by atoms with Gasteiger partial charge >= 0.3 is 0 Å². The third-order valence-corrected chi connectivity index (χ3v) is 16.6. The zero-order valence-corrected chi connectivity index (χ0v) is 50.1. The SMILES string of the molecule is CC(C)c1cccc(C(C)C)c1-c1ccc2c(c1)N(c1cc(Oc3ccc4c5cc(C(C)(C)c6ccccc6)ccc5n(-c5cc(C(C)(C)C)ccn5)c4c3)cc(C(C)(C)C)c1)CN2c1cc(C(C)(C)C)cc(C(C)(C)C)c1. The molecule has 0 saturated carbocycles. The quantitative estimate of drug-likeness (QED) is 0.137. The number of ether oxygens (including phenoxy) is 1. The Balaban J connectivity index is 1.14. The van der Waals surface area contributed by atoms with Gasteiger partial charge in [0.2, 0.25) is 0 Å². The number of hydrogen-bond acceptors (Lipinski definition) is 4. The molecule has 0 aliphatic carbocycles. The molecule has 0 N–H and O–H groups in total. The van der Waals surface area contributed by atoms with E-state index in [1.807, 2.05) is 6.20 Å². The summed E-state index contributed by atoms with van der Waals surface area (Å²) in [6.45, 7) is 42.2. The Bertz CT molecular complexity index is 3650. The topological polar surface area (TPSA) is 33.5 Å². The van der Waals surface area contributed by atoms with Crippen molar-refractivity contribution < 1.29 is 4.74 Å². The highest BCUT2D eigenvalue weighted by molar-refractivity contribution is 6.10. The fraction of sp³-hybridized carbons (Fsp3) is 0.356. The van der Waals surface area contributed by atoms with Crippen molar-refractivity contribution in [3.8, 4) is 28.4 Å². The minimum absolute atomic E-state index is 0.0320. The highest BCUT2D eigenvalue weighted by Crippen LogP contribution is 2.50. The Morgan fingerprint density at radius 3 is 1.62 bits per heavy atom. The van der Waals surface area contributed by atoms with Crippen molar-refractivity contribution in [2.24, 2.45) is 0 Å². The normalized spacial score (nSPS) is 13.6. The molecule has 0 fully saturated rings. The summed E-state index contributed by atoms with van der Waals surface area (Å²) in [7, 11) is 0. The van der Waals surface area contributed by atoms with Gasteiger partial charge in [-0.25, -0.2) is 4.98 Å². The molecule has 0 saturated heterocycles. The van der Waals surface area contributed by atoms with Gasteiger partial charge in [-0.3, -0.25) is 4.57 Å². The Morgan fingerprint density at radius 2 is 1.01 bits per heavy atom. The Kier molecular flexibility index (Phi) is 13.7. The lowest BCUT2D eigenvalue weighted by Crippen LogP contribution is -2.26. The molecule has 1 aliphatic rings. The van der Waals surface area contributed by atoms with E-state index in [-0.39, 0.29) is 27.1 Å². The van der Waals surface area contributed by atoms with Crippen LogP contribution in [0.25, 0.3) is 38.8 Å². The molecule has 5 nitrogen and oxygen atoms in total. The summed E-state index contributed by atoms with van der Waals surface area (Å²) in [6, 6.07) is 57.1. The van der Waals surface area contributed by atoms with Gasteiger partial charge in [0.25, 0.3) is 0 Å². The molecule has 5 heteroatoms. The first-order chi connectivity index (χ1) is 36.6. The van der Waals surface area contributed by atoms with Gasteiger partial charge in [-0.15, -0.1) is 0 Å².